The Morgan fingerprint density at radius 3 is 0.741 bits per heavy atom. The first-order valence-corrected chi connectivity index (χ1v) is 46.3. The van der Waals surface area contributed by atoms with E-state index in [-0.39, 0.29) is 5.41 Å². The van der Waals surface area contributed by atoms with Gasteiger partial charge < -0.3 is 28.4 Å². The summed E-state index contributed by atoms with van der Waals surface area (Å²) in [5.41, 5.74) is 38.0. The lowest BCUT2D eigenvalue weighted by Crippen LogP contribution is -2.16. The molecule has 0 unspecified atom stereocenters. The van der Waals surface area contributed by atoms with Crippen molar-refractivity contribution in [1.82, 2.24) is 18.7 Å². The molecule has 0 saturated heterocycles. The van der Waals surface area contributed by atoms with Gasteiger partial charge in [0, 0.05) is 106 Å². The predicted molar refractivity (Wildman–Crippen MR) is 569 cm³/mol. The minimum Gasteiger partial charge on any atom is -0.310 e. The van der Waals surface area contributed by atoms with Crippen LogP contribution in [0.25, 0.3) is 149 Å². The van der Waals surface area contributed by atoms with E-state index in [2.05, 4.69) is 557 Å². The van der Waals surface area contributed by atoms with Crippen molar-refractivity contribution in [1.29, 1.82) is 0 Å². The Morgan fingerprint density at radius 2 is 0.415 bits per heavy atom. The van der Waals surface area contributed by atoms with Crippen molar-refractivity contribution >= 4 is 117 Å². The van der Waals surface area contributed by atoms with E-state index in [4.69, 9.17) is 0 Å². The van der Waals surface area contributed by atoms with Crippen LogP contribution in [0.15, 0.2) is 528 Å². The number of anilines is 9. The number of pyridine rings is 1. The van der Waals surface area contributed by atoms with Crippen molar-refractivity contribution < 1.29 is 0 Å². The molecule has 640 valence electrons. The smallest absolute Gasteiger partial charge is 0.0645 e. The highest BCUT2D eigenvalue weighted by Gasteiger charge is 2.36. The van der Waals surface area contributed by atoms with Gasteiger partial charge in [-0.15, -0.1) is 0 Å². The molecule has 135 heavy (non-hydrogen) atoms. The Kier molecular flexibility index (Phi) is 21.6. The quantitative estimate of drug-likeness (QED) is 0.0911. The summed E-state index contributed by atoms with van der Waals surface area (Å²) in [5, 5.41) is 7.38. The number of nitrogens with zero attached hydrogens (tertiary/aromatic N) is 7. The van der Waals surface area contributed by atoms with E-state index >= 15 is 0 Å². The van der Waals surface area contributed by atoms with Crippen molar-refractivity contribution in [3.63, 3.8) is 0 Å². The molecule has 0 bridgehead atoms. The normalized spacial score (nSPS) is 11.8. The molecule has 0 fully saturated rings. The van der Waals surface area contributed by atoms with E-state index in [0.29, 0.717) is 0 Å². The molecule has 24 aromatic rings. The number of aromatic nitrogens is 4. The maximum atomic E-state index is 4.41. The summed E-state index contributed by atoms with van der Waals surface area (Å²) in [4.78, 5) is 11.5. The third-order valence-corrected chi connectivity index (χ3v) is 26.7. The van der Waals surface area contributed by atoms with Crippen molar-refractivity contribution in [3.8, 4) is 83.8 Å². The fraction of sp³-hybridized carbons (Fsp3) is 0.0234. The van der Waals surface area contributed by atoms with Crippen molar-refractivity contribution in [2.75, 3.05) is 14.7 Å². The van der Waals surface area contributed by atoms with Gasteiger partial charge >= 0.3 is 0 Å². The summed E-state index contributed by atoms with van der Waals surface area (Å²) < 4.78 is 7.04. The third kappa shape index (κ3) is 15.6. The molecule has 0 atom stereocenters. The maximum Gasteiger partial charge on any atom is 0.0645 e. The lowest BCUT2D eigenvalue weighted by atomic mass is 9.82. The molecule has 4 aromatic heterocycles. The van der Waals surface area contributed by atoms with Crippen LogP contribution in [0.3, 0.4) is 0 Å². The van der Waals surface area contributed by atoms with Gasteiger partial charge in [-0.3, -0.25) is 4.98 Å². The molecular weight excluding hydrogens is 1640 g/mol. The van der Waals surface area contributed by atoms with Crippen LogP contribution in [-0.4, -0.2) is 18.7 Å². The van der Waals surface area contributed by atoms with Crippen LogP contribution < -0.4 is 14.7 Å². The molecule has 1 aliphatic carbocycles. The first-order chi connectivity index (χ1) is 66.7. The molecule has 0 N–H and O–H groups in total. The monoisotopic (exact) mass is 1730 g/mol. The Hall–Kier alpha value is -17.7. The fourth-order valence-electron chi connectivity index (χ4n) is 20.1. The largest absolute Gasteiger partial charge is 0.310 e. The fourth-order valence-corrected chi connectivity index (χ4v) is 20.1. The van der Waals surface area contributed by atoms with E-state index in [0.717, 1.165) is 68.1 Å². The van der Waals surface area contributed by atoms with Crippen molar-refractivity contribution in [3.05, 3.63) is 539 Å². The highest BCUT2D eigenvalue weighted by molar-refractivity contribution is 6.14. The van der Waals surface area contributed by atoms with Gasteiger partial charge in [0.05, 0.1) is 45.0 Å². The molecule has 0 saturated carbocycles. The van der Waals surface area contributed by atoms with Gasteiger partial charge in [0.2, 0.25) is 0 Å². The number of fused-ring (bicyclic) bond motifs is 12. The second-order valence-electron chi connectivity index (χ2n) is 35.0. The van der Waals surface area contributed by atoms with E-state index < -0.39 is 0 Å². The Balaban J connectivity index is 0.000000114. The minimum atomic E-state index is -0.0855. The van der Waals surface area contributed by atoms with E-state index in [9.17, 15) is 0 Å². The Labute approximate surface area is 786 Å². The molecule has 0 spiro atoms. The molecule has 7 heteroatoms. The molecular formula is C128H93N7. The maximum absolute atomic E-state index is 4.41. The van der Waals surface area contributed by atoms with Crippen LogP contribution in [0.2, 0.25) is 0 Å². The van der Waals surface area contributed by atoms with Gasteiger partial charge in [0.1, 0.15) is 0 Å². The Morgan fingerprint density at radius 1 is 0.178 bits per heavy atom. The summed E-state index contributed by atoms with van der Waals surface area (Å²) in [7, 11) is 0. The number of rotatable bonds is 17. The highest BCUT2D eigenvalue weighted by Crippen LogP contribution is 2.52. The van der Waals surface area contributed by atoms with Crippen molar-refractivity contribution in [2.45, 2.75) is 19.3 Å². The summed E-state index contributed by atoms with van der Waals surface area (Å²) >= 11 is 0. The van der Waals surface area contributed by atoms with E-state index in [1.165, 1.54) is 143 Å². The van der Waals surface area contributed by atoms with E-state index in [1.54, 1.807) is 0 Å². The molecule has 20 aromatic carbocycles. The van der Waals surface area contributed by atoms with Crippen LogP contribution in [0.1, 0.15) is 25.0 Å². The van der Waals surface area contributed by atoms with Crippen LogP contribution in [0, 0.1) is 0 Å². The number of benzene rings is 20. The molecule has 0 radical (unpaired) electrons. The number of hydrogen-bond donors (Lipinski definition) is 0. The van der Waals surface area contributed by atoms with E-state index in [1.807, 2.05) is 18.5 Å². The zero-order valence-electron chi connectivity index (χ0n) is 74.9. The molecule has 4 heterocycles. The van der Waals surface area contributed by atoms with Gasteiger partial charge in [-0.1, -0.05) is 347 Å². The summed E-state index contributed by atoms with van der Waals surface area (Å²) in [6, 6.07) is 185. The average Bonchev–Trinajstić information content (AvgIpc) is 1.60. The van der Waals surface area contributed by atoms with Crippen LogP contribution in [0.4, 0.5) is 51.2 Å². The van der Waals surface area contributed by atoms with Crippen LogP contribution >= 0.6 is 0 Å². The highest BCUT2D eigenvalue weighted by atomic mass is 15.2. The minimum absolute atomic E-state index is 0.0855. The van der Waals surface area contributed by atoms with Crippen LogP contribution in [-0.2, 0) is 5.41 Å². The summed E-state index contributed by atoms with van der Waals surface area (Å²) in [5.74, 6) is 0. The van der Waals surface area contributed by atoms with Gasteiger partial charge in [-0.2, -0.15) is 0 Å². The SMILES string of the molecule is CC1(C)c2ccccc2-c2ccc(N(c3ccc(-c4ccccc4)cc3)c3ccc4c(c3)c3ccccc3n4-c3ccccc3)cc21.c1ccc(-c2ccc(N(c3ccc(-c4ccccc4)cc3)c3ccc4c(c3)c3ccccc3n4-c3ccccc3)cc2)cc1.c1ccc(-c2ccc(N(c3ccc(-c4ccccc4)cc3)c3ccc4c(c3)c3ccccc3n4-c3cccnc3)cc2)cc1. The predicted octanol–water partition coefficient (Wildman–Crippen LogP) is 34.8. The second kappa shape index (κ2) is 35.7. The standard InChI is InChI=1S/C45H34N2.C42H30N2.C41H29N3/c1-45(2)41-19-11-9-17-37(41)38-27-25-36(30-42(38)45)46(34-23-21-32(22-24-34)31-13-5-3-6-14-31)35-26-28-44-40(29-35)39-18-10-12-20-43(39)47(44)33-15-7-4-8-16-33;1-4-12-31(13-5-1)33-20-24-36(25-21-33)43(37-26-22-34(23-27-37)32-14-6-2-7-15-32)38-28-29-42-40(30-38)39-18-10-11-19-41(39)44(42)35-16-8-3-9-17-35;1-3-10-30(11-4-1)32-17-21-34(22-18-32)43(35-23-19-33(20-24-35)31-12-5-2-6-13-31)36-25-26-41-39(28-36)38-15-7-8-16-40(38)44(41)37-14-9-27-42-29-37/h3-30H,1-2H3;1-30H;1-29H. The molecule has 0 amide bonds. The van der Waals surface area contributed by atoms with Gasteiger partial charge in [-0.25, -0.2) is 0 Å². The first-order valence-electron chi connectivity index (χ1n) is 46.3. The molecule has 1 aliphatic rings. The lowest BCUT2D eigenvalue weighted by molar-refractivity contribution is 0.660. The molecule has 7 nitrogen and oxygen atoms in total. The third-order valence-electron chi connectivity index (χ3n) is 26.7. The number of para-hydroxylation sites is 5. The van der Waals surface area contributed by atoms with Gasteiger partial charge in [-0.05, 0) is 260 Å². The van der Waals surface area contributed by atoms with Crippen molar-refractivity contribution in [2.24, 2.45) is 0 Å². The topological polar surface area (TPSA) is 37.4 Å². The van der Waals surface area contributed by atoms with Crippen LogP contribution in [0.5, 0.6) is 0 Å². The zero-order chi connectivity index (χ0) is 90.1. The lowest BCUT2D eigenvalue weighted by Gasteiger charge is -2.28. The number of hydrogen-bond acceptors (Lipinski definition) is 4. The Bertz CT molecular complexity index is 7860. The molecule has 0 aliphatic heterocycles. The zero-order valence-corrected chi connectivity index (χ0v) is 74.9. The van der Waals surface area contributed by atoms with Gasteiger partial charge in [0.25, 0.3) is 0 Å². The molecule has 25 rings (SSSR count). The first kappa shape index (κ1) is 81.8. The second-order valence-corrected chi connectivity index (χ2v) is 35.0. The summed E-state index contributed by atoms with van der Waals surface area (Å²) in [6.07, 6.45) is 3.74. The summed E-state index contributed by atoms with van der Waals surface area (Å²) in [6.45, 7) is 4.70. The average molecular weight is 1730 g/mol. The van der Waals surface area contributed by atoms with Gasteiger partial charge in [0.15, 0.2) is 0 Å².